The number of anilines is 1. The van der Waals surface area contributed by atoms with Crippen LogP contribution >= 0.6 is 0 Å². The average Bonchev–Trinajstić information content (AvgIpc) is 3.23. The molecule has 3 aromatic rings. The number of hydrogen-bond donors (Lipinski definition) is 2. The number of tetrazole rings is 1. The van der Waals surface area contributed by atoms with Crippen LogP contribution in [0.2, 0.25) is 0 Å². The molecule has 1 aliphatic rings. The third-order valence-corrected chi connectivity index (χ3v) is 3.78. The fourth-order valence-electron chi connectivity index (χ4n) is 2.68. The van der Waals surface area contributed by atoms with Crippen LogP contribution in [0.5, 0.6) is 5.75 Å². The molecule has 116 valence electrons. The number of rotatable bonds is 3. The minimum Gasteiger partial charge on any atom is -0.497 e. The number of carbonyl (C=O) groups excluding carboxylic acids is 1. The molecule has 1 aromatic carbocycles. The molecule has 23 heavy (non-hydrogen) atoms. The first-order valence-corrected chi connectivity index (χ1v) is 6.97. The number of H-pyrrole nitrogens is 1. The molecule has 1 aliphatic carbocycles. The number of aromatic amines is 1. The normalized spacial score (nSPS) is 12.4. The molecule has 9 heteroatoms. The molecule has 0 saturated heterocycles. The average molecular weight is 312 g/mol. The van der Waals surface area contributed by atoms with Gasteiger partial charge in [-0.2, -0.15) is 5.21 Å². The lowest BCUT2D eigenvalue weighted by molar-refractivity contribution is 0.101. The molecule has 0 fully saturated rings. The minimum atomic E-state index is -0.428. The molecule has 2 heterocycles. The zero-order valence-electron chi connectivity index (χ0n) is 12.2. The highest BCUT2D eigenvalue weighted by Gasteiger charge is 2.28. The summed E-state index contributed by atoms with van der Waals surface area (Å²) >= 11 is 0. The van der Waals surface area contributed by atoms with E-state index < -0.39 is 5.91 Å². The van der Waals surface area contributed by atoms with Crippen LogP contribution in [0.3, 0.4) is 0 Å². The Morgan fingerprint density at radius 3 is 3.09 bits per heavy atom. The number of ether oxygens (including phenoxy) is 1. The van der Waals surface area contributed by atoms with Crippen molar-refractivity contribution in [2.45, 2.75) is 12.8 Å². The van der Waals surface area contributed by atoms with Gasteiger partial charge in [-0.1, -0.05) is 16.3 Å². The van der Waals surface area contributed by atoms with Crippen molar-refractivity contribution in [3.8, 4) is 17.1 Å². The van der Waals surface area contributed by atoms with Gasteiger partial charge >= 0.3 is 0 Å². The summed E-state index contributed by atoms with van der Waals surface area (Å²) in [6.45, 7) is 0. The summed E-state index contributed by atoms with van der Waals surface area (Å²) in [5.41, 5.74) is 3.04. The second-order valence-electron chi connectivity index (χ2n) is 5.05. The maximum Gasteiger partial charge on any atom is 0.280 e. The Morgan fingerprint density at radius 1 is 1.39 bits per heavy atom. The fourth-order valence-corrected chi connectivity index (χ4v) is 2.68. The Balaban J connectivity index is 1.71. The molecular weight excluding hydrogens is 300 g/mol. The molecule has 0 saturated carbocycles. The van der Waals surface area contributed by atoms with Crippen LogP contribution in [0.15, 0.2) is 22.7 Å². The van der Waals surface area contributed by atoms with Gasteiger partial charge in [-0.05, 0) is 35.8 Å². The highest BCUT2D eigenvalue weighted by molar-refractivity contribution is 6.03. The molecule has 0 atom stereocenters. The monoisotopic (exact) mass is 312 g/mol. The van der Waals surface area contributed by atoms with E-state index in [-0.39, 0.29) is 11.6 Å². The van der Waals surface area contributed by atoms with E-state index in [2.05, 4.69) is 31.1 Å². The van der Waals surface area contributed by atoms with Crippen LogP contribution in [0.1, 0.15) is 21.6 Å². The lowest BCUT2D eigenvalue weighted by Gasteiger charge is -2.15. The molecule has 0 aliphatic heterocycles. The van der Waals surface area contributed by atoms with E-state index in [9.17, 15) is 4.79 Å². The zero-order chi connectivity index (χ0) is 15.8. The van der Waals surface area contributed by atoms with Gasteiger partial charge in [0.25, 0.3) is 11.9 Å². The van der Waals surface area contributed by atoms with Crippen molar-refractivity contribution in [1.82, 2.24) is 25.8 Å². The van der Waals surface area contributed by atoms with Crippen LogP contribution in [-0.4, -0.2) is 38.8 Å². The third kappa shape index (κ3) is 2.22. The van der Waals surface area contributed by atoms with E-state index in [0.29, 0.717) is 12.2 Å². The number of aromatic nitrogens is 5. The van der Waals surface area contributed by atoms with Gasteiger partial charge < -0.3 is 9.26 Å². The molecule has 4 rings (SSSR count). The number of nitrogens with one attached hydrogen (secondary N) is 2. The van der Waals surface area contributed by atoms with Gasteiger partial charge in [-0.15, -0.1) is 5.10 Å². The Bertz CT molecular complexity index is 871. The molecule has 0 spiro atoms. The van der Waals surface area contributed by atoms with Crippen LogP contribution in [0.25, 0.3) is 11.3 Å². The first-order chi connectivity index (χ1) is 11.3. The van der Waals surface area contributed by atoms with E-state index in [4.69, 9.17) is 9.26 Å². The van der Waals surface area contributed by atoms with Gasteiger partial charge in [-0.3, -0.25) is 10.1 Å². The molecule has 9 nitrogen and oxygen atoms in total. The van der Waals surface area contributed by atoms with Crippen molar-refractivity contribution in [3.63, 3.8) is 0 Å². The summed E-state index contributed by atoms with van der Waals surface area (Å²) in [4.78, 5) is 12.3. The van der Waals surface area contributed by atoms with Crippen molar-refractivity contribution >= 4 is 11.9 Å². The summed E-state index contributed by atoms with van der Waals surface area (Å²) in [5.74, 6) is 0.988. The first kappa shape index (κ1) is 13.4. The predicted molar refractivity (Wildman–Crippen MR) is 78.0 cm³/mol. The molecule has 0 radical (unpaired) electrons. The van der Waals surface area contributed by atoms with Gasteiger partial charge in [0, 0.05) is 11.1 Å². The topological polar surface area (TPSA) is 119 Å². The van der Waals surface area contributed by atoms with E-state index in [1.165, 1.54) is 0 Å². The molecular formula is C14H12N6O3. The number of nitrogens with zero attached hydrogens (tertiary/aromatic N) is 4. The number of methoxy groups -OCH3 is 1. The number of fused-ring (bicyclic) bond motifs is 3. The summed E-state index contributed by atoms with van der Waals surface area (Å²) in [6.07, 6.45) is 1.48. The summed E-state index contributed by atoms with van der Waals surface area (Å²) in [5, 5.41) is 19.5. The lowest BCUT2D eigenvalue weighted by Crippen LogP contribution is -2.16. The predicted octanol–water partition coefficient (Wildman–Crippen LogP) is 1.21. The Morgan fingerprint density at radius 2 is 2.30 bits per heavy atom. The van der Waals surface area contributed by atoms with Crippen LogP contribution in [-0.2, 0) is 12.8 Å². The van der Waals surface area contributed by atoms with E-state index >= 15 is 0 Å². The number of amides is 1. The highest BCUT2D eigenvalue weighted by atomic mass is 16.5. The number of hydrogen-bond acceptors (Lipinski definition) is 7. The molecule has 2 aromatic heterocycles. The summed E-state index contributed by atoms with van der Waals surface area (Å²) in [6, 6.07) is 5.79. The highest BCUT2D eigenvalue weighted by Crippen LogP contribution is 2.37. The van der Waals surface area contributed by atoms with Crippen molar-refractivity contribution in [2.24, 2.45) is 0 Å². The SMILES string of the molecule is COc1ccc2c(c1)-c1onc(C(=O)Nc3nn[nH]n3)c1CC2. The van der Waals surface area contributed by atoms with E-state index in [0.717, 1.165) is 28.9 Å². The maximum atomic E-state index is 12.3. The maximum absolute atomic E-state index is 12.3. The standard InChI is InChI=1S/C14H12N6O3/c1-22-8-4-2-7-3-5-9-11(18-23-12(9)10(7)6-8)13(21)15-14-16-19-20-17-14/h2,4,6H,3,5H2,1H3,(H2,15,16,17,19,20,21). The number of benzene rings is 1. The first-order valence-electron chi connectivity index (χ1n) is 6.97. The largest absolute Gasteiger partial charge is 0.497 e. The molecule has 0 bridgehead atoms. The molecule has 0 unspecified atom stereocenters. The van der Waals surface area contributed by atoms with Crippen molar-refractivity contribution in [2.75, 3.05) is 12.4 Å². The summed E-state index contributed by atoms with van der Waals surface area (Å²) in [7, 11) is 1.61. The van der Waals surface area contributed by atoms with Gasteiger partial charge in [0.15, 0.2) is 11.5 Å². The minimum absolute atomic E-state index is 0.0876. The zero-order valence-corrected chi connectivity index (χ0v) is 12.2. The van der Waals surface area contributed by atoms with Crippen molar-refractivity contribution in [3.05, 3.63) is 35.0 Å². The lowest BCUT2D eigenvalue weighted by atomic mass is 9.89. The van der Waals surface area contributed by atoms with E-state index in [1.54, 1.807) is 7.11 Å². The van der Waals surface area contributed by atoms with Gasteiger partial charge in [-0.25, -0.2) is 0 Å². The Hall–Kier alpha value is -3.23. The van der Waals surface area contributed by atoms with Gasteiger partial charge in [0.1, 0.15) is 5.75 Å². The second-order valence-corrected chi connectivity index (χ2v) is 5.05. The molecule has 1 amide bonds. The Kier molecular flexibility index (Phi) is 3.04. The third-order valence-electron chi connectivity index (χ3n) is 3.78. The Labute approximate surface area is 130 Å². The number of aryl methyl sites for hydroxylation is 1. The smallest absolute Gasteiger partial charge is 0.280 e. The van der Waals surface area contributed by atoms with Gasteiger partial charge in [0.2, 0.25) is 0 Å². The van der Waals surface area contributed by atoms with Crippen LogP contribution < -0.4 is 10.1 Å². The number of carbonyl (C=O) groups is 1. The fraction of sp³-hybridized carbons (Fsp3) is 0.214. The van der Waals surface area contributed by atoms with Gasteiger partial charge in [0.05, 0.1) is 7.11 Å². The van der Waals surface area contributed by atoms with Crippen molar-refractivity contribution < 1.29 is 14.1 Å². The summed E-state index contributed by atoms with van der Waals surface area (Å²) < 4.78 is 10.7. The quantitative estimate of drug-likeness (QED) is 0.746. The molecule has 2 N–H and O–H groups in total. The van der Waals surface area contributed by atoms with E-state index in [1.807, 2.05) is 18.2 Å². The van der Waals surface area contributed by atoms with Crippen LogP contribution in [0, 0.1) is 0 Å². The van der Waals surface area contributed by atoms with Crippen LogP contribution in [0.4, 0.5) is 5.95 Å². The second kappa shape index (κ2) is 5.20. The van der Waals surface area contributed by atoms with Crippen molar-refractivity contribution in [1.29, 1.82) is 0 Å².